The SMILES string of the molecule is Cc1ccc([C@H]2CC[C@@H](C(=O)O)N2C(=O)OCC2c3ccccc3-c3ccccc32)cc1. The van der Waals surface area contributed by atoms with Gasteiger partial charge in [0.2, 0.25) is 0 Å². The third-order valence-electron chi connectivity index (χ3n) is 6.68. The van der Waals surface area contributed by atoms with Gasteiger partial charge in [-0.1, -0.05) is 78.4 Å². The zero-order valence-corrected chi connectivity index (χ0v) is 17.9. The molecule has 3 aromatic rings. The maximum absolute atomic E-state index is 13.2. The summed E-state index contributed by atoms with van der Waals surface area (Å²) in [5.41, 5.74) is 6.64. The van der Waals surface area contributed by atoms with Crippen LogP contribution in [-0.4, -0.2) is 34.7 Å². The van der Waals surface area contributed by atoms with Crippen molar-refractivity contribution in [1.29, 1.82) is 0 Å². The molecule has 0 bridgehead atoms. The molecule has 1 aliphatic carbocycles. The number of nitrogens with zero attached hydrogens (tertiary/aromatic N) is 1. The smallest absolute Gasteiger partial charge is 0.411 e. The lowest BCUT2D eigenvalue weighted by Crippen LogP contribution is -2.42. The molecule has 0 aromatic heterocycles. The lowest BCUT2D eigenvalue weighted by atomic mass is 9.98. The number of fused-ring (bicyclic) bond motifs is 3. The highest BCUT2D eigenvalue weighted by atomic mass is 16.6. The number of aliphatic carboxylic acids is 1. The molecule has 0 spiro atoms. The van der Waals surface area contributed by atoms with E-state index in [4.69, 9.17) is 4.74 Å². The number of likely N-dealkylation sites (tertiary alicyclic amines) is 1. The van der Waals surface area contributed by atoms with Crippen LogP contribution in [0.1, 0.15) is 47.1 Å². The third kappa shape index (κ3) is 3.44. The number of benzene rings is 3. The van der Waals surface area contributed by atoms with Gasteiger partial charge in [0.05, 0.1) is 6.04 Å². The van der Waals surface area contributed by atoms with E-state index in [1.54, 1.807) is 0 Å². The number of carboxylic acid groups (broad SMARTS) is 1. The summed E-state index contributed by atoms with van der Waals surface area (Å²) < 4.78 is 5.80. The molecule has 1 N–H and O–H groups in total. The minimum absolute atomic E-state index is 0.0601. The van der Waals surface area contributed by atoms with E-state index in [1.165, 1.54) is 4.90 Å². The summed E-state index contributed by atoms with van der Waals surface area (Å²) in [5, 5.41) is 9.73. The van der Waals surface area contributed by atoms with Crippen molar-refractivity contribution in [1.82, 2.24) is 4.90 Å². The molecule has 1 amide bonds. The molecular formula is C27H25NO4. The predicted molar refractivity (Wildman–Crippen MR) is 121 cm³/mol. The molecule has 2 atom stereocenters. The number of rotatable bonds is 4. The molecule has 1 aliphatic heterocycles. The van der Waals surface area contributed by atoms with Crippen molar-refractivity contribution < 1.29 is 19.4 Å². The molecule has 5 rings (SSSR count). The Kier molecular flexibility index (Phi) is 5.17. The number of amides is 1. The number of ether oxygens (including phenoxy) is 1. The van der Waals surface area contributed by atoms with Crippen molar-refractivity contribution in [3.05, 3.63) is 95.1 Å². The van der Waals surface area contributed by atoms with Gasteiger partial charge in [-0.25, -0.2) is 9.59 Å². The Morgan fingerprint density at radius 1 is 0.906 bits per heavy atom. The molecule has 5 heteroatoms. The standard InChI is InChI=1S/C27H25NO4/c1-17-10-12-18(13-11-17)24-14-15-25(26(29)30)28(24)27(31)32-16-23-21-8-4-2-6-19(21)20-7-3-5-9-22(20)23/h2-13,23-25H,14-16H2,1H3,(H,29,30)/t24-,25+/m1/s1. The molecule has 0 radical (unpaired) electrons. The monoisotopic (exact) mass is 427 g/mol. The number of carbonyl (C=O) groups excluding carboxylic acids is 1. The van der Waals surface area contributed by atoms with Crippen LogP contribution in [-0.2, 0) is 9.53 Å². The molecule has 5 nitrogen and oxygen atoms in total. The van der Waals surface area contributed by atoms with Gasteiger partial charge in [-0.05, 0) is 47.6 Å². The number of hydrogen-bond donors (Lipinski definition) is 1. The van der Waals surface area contributed by atoms with E-state index in [0.29, 0.717) is 12.8 Å². The van der Waals surface area contributed by atoms with E-state index in [2.05, 4.69) is 24.3 Å². The van der Waals surface area contributed by atoms with Crippen LogP contribution in [0.25, 0.3) is 11.1 Å². The van der Waals surface area contributed by atoms with E-state index >= 15 is 0 Å². The summed E-state index contributed by atoms with van der Waals surface area (Å²) in [7, 11) is 0. The summed E-state index contributed by atoms with van der Waals surface area (Å²) >= 11 is 0. The van der Waals surface area contributed by atoms with E-state index in [-0.39, 0.29) is 18.6 Å². The van der Waals surface area contributed by atoms with E-state index in [0.717, 1.165) is 33.4 Å². The number of hydrogen-bond acceptors (Lipinski definition) is 3. The molecule has 0 saturated carbocycles. The topological polar surface area (TPSA) is 66.8 Å². The first kappa shape index (κ1) is 20.3. The second-order valence-electron chi connectivity index (χ2n) is 8.57. The fourth-order valence-electron chi connectivity index (χ4n) is 5.09. The summed E-state index contributed by atoms with van der Waals surface area (Å²) in [6, 6.07) is 23.1. The fourth-order valence-corrected chi connectivity index (χ4v) is 5.09. The van der Waals surface area contributed by atoms with Gasteiger partial charge < -0.3 is 9.84 Å². The van der Waals surface area contributed by atoms with Gasteiger partial charge in [0.15, 0.2) is 0 Å². The van der Waals surface area contributed by atoms with Crippen LogP contribution in [0.5, 0.6) is 0 Å². The Morgan fingerprint density at radius 2 is 1.50 bits per heavy atom. The predicted octanol–water partition coefficient (Wildman–Crippen LogP) is 5.53. The van der Waals surface area contributed by atoms with Gasteiger partial charge in [-0.15, -0.1) is 0 Å². The second kappa shape index (κ2) is 8.15. The molecule has 1 saturated heterocycles. The van der Waals surface area contributed by atoms with Crippen LogP contribution in [0, 0.1) is 6.92 Å². The van der Waals surface area contributed by atoms with Crippen LogP contribution in [0.3, 0.4) is 0 Å². The Hall–Kier alpha value is -3.60. The Morgan fingerprint density at radius 3 is 2.09 bits per heavy atom. The van der Waals surface area contributed by atoms with Crippen LogP contribution in [0.15, 0.2) is 72.8 Å². The lowest BCUT2D eigenvalue weighted by Gasteiger charge is -2.28. The van der Waals surface area contributed by atoms with Gasteiger partial charge in [0.1, 0.15) is 12.6 Å². The van der Waals surface area contributed by atoms with Crippen LogP contribution in [0.4, 0.5) is 4.79 Å². The maximum atomic E-state index is 13.2. The quantitative estimate of drug-likeness (QED) is 0.594. The van der Waals surface area contributed by atoms with E-state index in [1.807, 2.05) is 55.5 Å². The minimum Gasteiger partial charge on any atom is -0.480 e. The van der Waals surface area contributed by atoms with Gasteiger partial charge >= 0.3 is 12.1 Å². The Labute approximate surface area is 187 Å². The molecule has 32 heavy (non-hydrogen) atoms. The largest absolute Gasteiger partial charge is 0.480 e. The molecule has 1 heterocycles. The second-order valence-corrected chi connectivity index (χ2v) is 8.57. The first-order valence-corrected chi connectivity index (χ1v) is 11.0. The highest BCUT2D eigenvalue weighted by Crippen LogP contribution is 2.45. The summed E-state index contributed by atoms with van der Waals surface area (Å²) in [4.78, 5) is 26.5. The zero-order chi connectivity index (χ0) is 22.2. The molecule has 1 fully saturated rings. The Balaban J connectivity index is 1.39. The maximum Gasteiger partial charge on any atom is 0.411 e. The summed E-state index contributed by atoms with van der Waals surface area (Å²) in [5.74, 6) is -1.05. The van der Waals surface area contributed by atoms with Crippen molar-refractivity contribution >= 4 is 12.1 Å². The third-order valence-corrected chi connectivity index (χ3v) is 6.68. The number of carbonyl (C=O) groups is 2. The average Bonchev–Trinajstić information content (AvgIpc) is 3.38. The van der Waals surface area contributed by atoms with Crippen molar-refractivity contribution in [3.8, 4) is 11.1 Å². The average molecular weight is 428 g/mol. The first-order chi connectivity index (χ1) is 15.5. The normalized spacial score (nSPS) is 19.5. The van der Waals surface area contributed by atoms with Gasteiger partial charge in [0.25, 0.3) is 0 Å². The molecule has 3 aromatic carbocycles. The summed E-state index contributed by atoms with van der Waals surface area (Å²) in [6.45, 7) is 2.18. The van der Waals surface area contributed by atoms with Crippen LogP contribution in [0.2, 0.25) is 0 Å². The highest BCUT2D eigenvalue weighted by Gasteiger charge is 2.43. The first-order valence-electron chi connectivity index (χ1n) is 11.0. The van der Waals surface area contributed by atoms with Gasteiger partial charge in [0, 0.05) is 5.92 Å². The summed E-state index contributed by atoms with van der Waals surface area (Å²) in [6.07, 6.45) is 0.449. The molecule has 2 aliphatic rings. The van der Waals surface area contributed by atoms with E-state index < -0.39 is 18.1 Å². The zero-order valence-electron chi connectivity index (χ0n) is 17.9. The van der Waals surface area contributed by atoms with E-state index in [9.17, 15) is 14.7 Å². The van der Waals surface area contributed by atoms with Gasteiger partial charge in [-0.2, -0.15) is 0 Å². The highest BCUT2D eigenvalue weighted by molar-refractivity contribution is 5.82. The van der Waals surface area contributed by atoms with Crippen LogP contribution >= 0.6 is 0 Å². The number of carboxylic acids is 1. The molecular weight excluding hydrogens is 402 g/mol. The fraction of sp³-hybridized carbons (Fsp3) is 0.259. The van der Waals surface area contributed by atoms with Crippen molar-refractivity contribution in [3.63, 3.8) is 0 Å². The Bertz CT molecular complexity index is 1120. The minimum atomic E-state index is -0.992. The van der Waals surface area contributed by atoms with Crippen molar-refractivity contribution in [2.75, 3.05) is 6.61 Å². The van der Waals surface area contributed by atoms with Crippen molar-refractivity contribution in [2.45, 2.75) is 37.8 Å². The molecule has 162 valence electrons. The van der Waals surface area contributed by atoms with Crippen molar-refractivity contribution in [2.24, 2.45) is 0 Å². The number of aryl methyl sites for hydroxylation is 1. The lowest BCUT2D eigenvalue weighted by molar-refractivity contribution is -0.142. The molecule has 0 unspecified atom stereocenters. The van der Waals surface area contributed by atoms with Gasteiger partial charge in [-0.3, -0.25) is 4.90 Å². The van der Waals surface area contributed by atoms with Crippen LogP contribution < -0.4 is 0 Å².